The second-order valence-corrected chi connectivity index (χ2v) is 7.56. The molecular weight excluding hydrogens is 286 g/mol. The van der Waals surface area contributed by atoms with Gasteiger partial charge in [0.1, 0.15) is 0 Å². The Morgan fingerprint density at radius 2 is 1.74 bits per heavy atom. The lowest BCUT2D eigenvalue weighted by molar-refractivity contribution is -0.122. The molecule has 2 rings (SSSR count). The number of nitrogens with zero attached hydrogens (tertiary/aromatic N) is 2. The van der Waals surface area contributed by atoms with Crippen molar-refractivity contribution in [2.24, 2.45) is 11.8 Å². The third kappa shape index (κ3) is 6.80. The Labute approximate surface area is 143 Å². The van der Waals surface area contributed by atoms with E-state index in [1.807, 2.05) is 0 Å². The molecule has 0 bridgehead atoms. The zero-order valence-corrected chi connectivity index (χ0v) is 15.4. The zero-order chi connectivity index (χ0) is 16.5. The molecule has 0 aromatic rings. The van der Waals surface area contributed by atoms with Gasteiger partial charge in [0.2, 0.25) is 5.91 Å². The van der Waals surface area contributed by atoms with Crippen LogP contribution >= 0.6 is 0 Å². The van der Waals surface area contributed by atoms with Crippen molar-refractivity contribution in [2.45, 2.75) is 58.8 Å². The van der Waals surface area contributed by atoms with Crippen molar-refractivity contribution >= 4 is 5.91 Å². The number of carbonyl (C=O) groups is 1. The average molecular weight is 324 g/mol. The lowest BCUT2D eigenvalue weighted by Gasteiger charge is -2.34. The molecule has 1 N–H and O–H groups in total. The normalized spacial score (nSPS) is 22.9. The van der Waals surface area contributed by atoms with Gasteiger partial charge in [-0.05, 0) is 31.3 Å². The van der Waals surface area contributed by atoms with Crippen LogP contribution in [-0.2, 0) is 4.79 Å². The molecule has 1 aliphatic heterocycles. The first kappa shape index (κ1) is 18.7. The van der Waals surface area contributed by atoms with Gasteiger partial charge in [-0.15, -0.1) is 0 Å². The minimum Gasteiger partial charge on any atom is -0.356 e. The van der Waals surface area contributed by atoms with E-state index in [9.17, 15) is 4.79 Å². The first-order valence-electron chi connectivity index (χ1n) is 9.90. The molecule has 2 fully saturated rings. The number of hydrogen-bond donors (Lipinski definition) is 1. The number of rotatable bonds is 8. The monoisotopic (exact) mass is 323 g/mol. The Balaban J connectivity index is 1.51. The SMILES string of the molecule is CCN1CCN(CCCNC(=O)CC(C)C2CCCCC2)CC1. The van der Waals surface area contributed by atoms with Crippen LogP contribution in [0, 0.1) is 11.8 Å². The molecule has 0 aromatic carbocycles. The number of likely N-dealkylation sites (N-methyl/N-ethyl adjacent to an activating group) is 1. The average Bonchev–Trinajstić information content (AvgIpc) is 2.60. The highest BCUT2D eigenvalue weighted by Gasteiger charge is 2.22. The molecule has 4 nitrogen and oxygen atoms in total. The fraction of sp³-hybridized carbons (Fsp3) is 0.947. The molecule has 1 heterocycles. The Hall–Kier alpha value is -0.610. The summed E-state index contributed by atoms with van der Waals surface area (Å²) in [7, 11) is 0. The molecule has 23 heavy (non-hydrogen) atoms. The molecule has 2 aliphatic rings. The Morgan fingerprint density at radius 3 is 2.39 bits per heavy atom. The van der Waals surface area contributed by atoms with Gasteiger partial charge in [-0.1, -0.05) is 46.0 Å². The number of piperazine rings is 1. The van der Waals surface area contributed by atoms with E-state index < -0.39 is 0 Å². The highest BCUT2D eigenvalue weighted by molar-refractivity contribution is 5.76. The molecule has 1 unspecified atom stereocenters. The Bertz CT molecular complexity index is 334. The maximum absolute atomic E-state index is 12.1. The summed E-state index contributed by atoms with van der Waals surface area (Å²) >= 11 is 0. The van der Waals surface area contributed by atoms with Crippen molar-refractivity contribution in [2.75, 3.05) is 45.8 Å². The van der Waals surface area contributed by atoms with Crippen LogP contribution in [0.1, 0.15) is 58.8 Å². The summed E-state index contributed by atoms with van der Waals surface area (Å²) in [6, 6.07) is 0. The summed E-state index contributed by atoms with van der Waals surface area (Å²) in [5.74, 6) is 1.60. The van der Waals surface area contributed by atoms with Gasteiger partial charge in [0, 0.05) is 39.1 Å². The summed E-state index contributed by atoms with van der Waals surface area (Å²) in [6.45, 7) is 12.4. The minimum absolute atomic E-state index is 0.263. The van der Waals surface area contributed by atoms with Crippen LogP contribution in [-0.4, -0.2) is 61.5 Å². The maximum atomic E-state index is 12.1. The van der Waals surface area contributed by atoms with Crippen molar-refractivity contribution in [3.8, 4) is 0 Å². The van der Waals surface area contributed by atoms with Gasteiger partial charge in [0.25, 0.3) is 0 Å². The van der Waals surface area contributed by atoms with Crippen LogP contribution in [0.5, 0.6) is 0 Å². The Kier molecular flexibility index (Phi) is 8.38. The smallest absolute Gasteiger partial charge is 0.220 e. The van der Waals surface area contributed by atoms with Gasteiger partial charge in [-0.25, -0.2) is 0 Å². The lowest BCUT2D eigenvalue weighted by Crippen LogP contribution is -2.46. The summed E-state index contributed by atoms with van der Waals surface area (Å²) < 4.78 is 0. The predicted molar refractivity (Wildman–Crippen MR) is 96.5 cm³/mol. The van der Waals surface area contributed by atoms with E-state index in [-0.39, 0.29) is 5.91 Å². The van der Waals surface area contributed by atoms with E-state index in [1.54, 1.807) is 0 Å². The molecule has 0 aromatic heterocycles. The molecule has 1 saturated heterocycles. The molecule has 1 amide bonds. The van der Waals surface area contributed by atoms with E-state index >= 15 is 0 Å². The van der Waals surface area contributed by atoms with E-state index in [2.05, 4.69) is 29.0 Å². The topological polar surface area (TPSA) is 35.6 Å². The van der Waals surface area contributed by atoms with E-state index in [0.717, 1.165) is 31.8 Å². The lowest BCUT2D eigenvalue weighted by atomic mass is 9.79. The molecular formula is C19H37N3O. The second-order valence-electron chi connectivity index (χ2n) is 7.56. The van der Waals surface area contributed by atoms with Crippen molar-refractivity contribution in [1.82, 2.24) is 15.1 Å². The largest absolute Gasteiger partial charge is 0.356 e. The number of carbonyl (C=O) groups excluding carboxylic acids is 1. The fourth-order valence-electron chi connectivity index (χ4n) is 4.09. The molecule has 4 heteroatoms. The summed E-state index contributed by atoms with van der Waals surface area (Å²) in [5, 5.41) is 3.14. The van der Waals surface area contributed by atoms with Gasteiger partial charge in [-0.2, -0.15) is 0 Å². The summed E-state index contributed by atoms with van der Waals surface area (Å²) in [4.78, 5) is 17.1. The quantitative estimate of drug-likeness (QED) is 0.698. The van der Waals surface area contributed by atoms with E-state index in [0.29, 0.717) is 5.92 Å². The first-order valence-corrected chi connectivity index (χ1v) is 9.90. The van der Waals surface area contributed by atoms with Crippen LogP contribution in [0.4, 0.5) is 0 Å². The molecule has 1 atom stereocenters. The maximum Gasteiger partial charge on any atom is 0.220 e. The summed E-state index contributed by atoms with van der Waals surface area (Å²) in [6.07, 6.45) is 8.58. The third-order valence-corrected chi connectivity index (χ3v) is 5.85. The standard InChI is InChI=1S/C19H37N3O/c1-3-21-12-14-22(15-13-21)11-7-10-20-19(23)16-17(2)18-8-5-4-6-9-18/h17-18H,3-16H2,1-2H3,(H,20,23). The van der Waals surface area contributed by atoms with Gasteiger partial charge in [0.05, 0.1) is 0 Å². The van der Waals surface area contributed by atoms with E-state index in [4.69, 9.17) is 0 Å². The van der Waals surface area contributed by atoms with Gasteiger partial charge < -0.3 is 15.1 Å². The highest BCUT2D eigenvalue weighted by Crippen LogP contribution is 2.31. The van der Waals surface area contributed by atoms with Crippen LogP contribution in [0.15, 0.2) is 0 Å². The molecule has 0 spiro atoms. The Morgan fingerprint density at radius 1 is 1.09 bits per heavy atom. The molecule has 1 saturated carbocycles. The van der Waals surface area contributed by atoms with Crippen LogP contribution in [0.2, 0.25) is 0 Å². The summed E-state index contributed by atoms with van der Waals surface area (Å²) in [5.41, 5.74) is 0. The number of hydrogen-bond acceptors (Lipinski definition) is 3. The number of amides is 1. The number of nitrogens with one attached hydrogen (secondary N) is 1. The van der Waals surface area contributed by atoms with Crippen molar-refractivity contribution < 1.29 is 4.79 Å². The fourth-order valence-corrected chi connectivity index (χ4v) is 4.09. The van der Waals surface area contributed by atoms with Crippen molar-refractivity contribution in [1.29, 1.82) is 0 Å². The zero-order valence-electron chi connectivity index (χ0n) is 15.4. The predicted octanol–water partition coefficient (Wildman–Crippen LogP) is 2.74. The third-order valence-electron chi connectivity index (χ3n) is 5.85. The van der Waals surface area contributed by atoms with Gasteiger partial charge in [0.15, 0.2) is 0 Å². The first-order chi connectivity index (χ1) is 11.2. The van der Waals surface area contributed by atoms with E-state index in [1.165, 1.54) is 64.8 Å². The van der Waals surface area contributed by atoms with Gasteiger partial charge >= 0.3 is 0 Å². The van der Waals surface area contributed by atoms with Crippen molar-refractivity contribution in [3.05, 3.63) is 0 Å². The molecule has 1 aliphatic carbocycles. The molecule has 0 radical (unpaired) electrons. The minimum atomic E-state index is 0.263. The van der Waals surface area contributed by atoms with Gasteiger partial charge in [-0.3, -0.25) is 4.79 Å². The van der Waals surface area contributed by atoms with Crippen molar-refractivity contribution in [3.63, 3.8) is 0 Å². The van der Waals surface area contributed by atoms with Crippen LogP contribution in [0.25, 0.3) is 0 Å². The highest BCUT2D eigenvalue weighted by atomic mass is 16.1. The van der Waals surface area contributed by atoms with Crippen LogP contribution < -0.4 is 5.32 Å². The molecule has 134 valence electrons. The van der Waals surface area contributed by atoms with Crippen LogP contribution in [0.3, 0.4) is 0 Å². The second kappa shape index (κ2) is 10.3.